The molecular weight excluding hydrogens is 485 g/mol. The number of methoxy groups -OCH3 is 3. The molecule has 3 aromatic rings. The van der Waals surface area contributed by atoms with Crippen LogP contribution in [0.25, 0.3) is 11.3 Å². The fraction of sp³-hybridized carbons (Fsp3) is 0.357. The maximum atomic E-state index is 13.7. The Kier molecular flexibility index (Phi) is 7.81. The van der Waals surface area contributed by atoms with Crippen molar-refractivity contribution in [3.05, 3.63) is 70.6 Å². The van der Waals surface area contributed by atoms with E-state index in [-0.39, 0.29) is 23.3 Å². The molecule has 0 saturated heterocycles. The number of aromatic nitrogens is 1. The highest BCUT2D eigenvalue weighted by atomic mass is 35.5. The molecule has 0 amide bonds. The number of hydrogen-bond acceptors (Lipinski definition) is 6. The van der Waals surface area contributed by atoms with Crippen molar-refractivity contribution < 1.29 is 28.1 Å². The molecule has 1 saturated carbocycles. The van der Waals surface area contributed by atoms with Crippen LogP contribution in [-0.4, -0.2) is 38.2 Å². The minimum atomic E-state index is -0.861. The van der Waals surface area contributed by atoms with Gasteiger partial charge in [0.15, 0.2) is 17.3 Å². The van der Waals surface area contributed by atoms with Crippen molar-refractivity contribution in [1.82, 2.24) is 4.98 Å². The van der Waals surface area contributed by atoms with Crippen LogP contribution in [-0.2, 0) is 10.3 Å². The Labute approximate surface area is 215 Å². The van der Waals surface area contributed by atoms with E-state index in [2.05, 4.69) is 0 Å². The van der Waals surface area contributed by atoms with Crippen molar-refractivity contribution >= 4 is 17.4 Å². The predicted molar refractivity (Wildman–Crippen MR) is 136 cm³/mol. The minimum Gasteiger partial charge on any atom is -0.494 e. The number of hydrogen-bond donors (Lipinski definition) is 0. The summed E-state index contributed by atoms with van der Waals surface area (Å²) in [7, 11) is 4.68. The second-order valence-corrected chi connectivity index (χ2v) is 9.32. The molecule has 36 heavy (non-hydrogen) atoms. The Bertz CT molecular complexity index is 1260. The van der Waals surface area contributed by atoms with Crippen LogP contribution in [0.3, 0.4) is 0 Å². The molecular formula is C28H29ClFNO5. The number of halogens is 2. The number of Topliss-reactive ketones (excluding diaryl/α,β-unsaturated/α-hetero) is 1. The zero-order valence-corrected chi connectivity index (χ0v) is 21.5. The van der Waals surface area contributed by atoms with Crippen molar-refractivity contribution in [3.63, 3.8) is 0 Å². The summed E-state index contributed by atoms with van der Waals surface area (Å²) in [5.41, 5.74) is 1.40. The van der Waals surface area contributed by atoms with Gasteiger partial charge in [-0.2, -0.15) is 0 Å². The molecule has 1 aliphatic rings. The van der Waals surface area contributed by atoms with Crippen LogP contribution < -0.4 is 14.2 Å². The van der Waals surface area contributed by atoms with Crippen LogP contribution >= 0.6 is 11.6 Å². The molecule has 190 valence electrons. The van der Waals surface area contributed by atoms with Gasteiger partial charge in [-0.15, -0.1) is 0 Å². The second-order valence-electron chi connectivity index (χ2n) is 8.92. The average molecular weight is 514 g/mol. The molecule has 4 rings (SSSR count). The molecule has 0 aliphatic heterocycles. The average Bonchev–Trinajstić information content (AvgIpc) is 3.72. The molecule has 1 fully saturated rings. The molecule has 1 atom stereocenters. The maximum Gasteiger partial charge on any atom is 0.163 e. The van der Waals surface area contributed by atoms with Crippen molar-refractivity contribution in [3.8, 4) is 28.5 Å². The first-order chi connectivity index (χ1) is 17.3. The van der Waals surface area contributed by atoms with E-state index in [4.69, 9.17) is 35.5 Å². The van der Waals surface area contributed by atoms with Gasteiger partial charge in [0, 0.05) is 24.7 Å². The highest BCUT2D eigenvalue weighted by Gasteiger charge is 2.30. The lowest BCUT2D eigenvalue weighted by Crippen LogP contribution is -2.27. The zero-order chi connectivity index (χ0) is 25.9. The lowest BCUT2D eigenvalue weighted by atomic mass is 9.91. The predicted octanol–water partition coefficient (Wildman–Crippen LogP) is 6.62. The Morgan fingerprint density at radius 1 is 1.03 bits per heavy atom. The first-order valence-electron chi connectivity index (χ1n) is 11.7. The van der Waals surface area contributed by atoms with Crippen LogP contribution in [0.15, 0.2) is 48.5 Å². The molecule has 1 aliphatic carbocycles. The van der Waals surface area contributed by atoms with E-state index in [1.165, 1.54) is 19.2 Å². The summed E-state index contributed by atoms with van der Waals surface area (Å²) in [6, 6.07) is 13.2. The third kappa shape index (κ3) is 5.63. The van der Waals surface area contributed by atoms with E-state index < -0.39 is 11.4 Å². The lowest BCUT2D eigenvalue weighted by Gasteiger charge is -2.28. The first-order valence-corrected chi connectivity index (χ1v) is 12.1. The third-order valence-electron chi connectivity index (χ3n) is 6.40. The smallest absolute Gasteiger partial charge is 0.163 e. The highest BCUT2D eigenvalue weighted by molar-refractivity contribution is 6.31. The molecule has 0 radical (unpaired) electrons. The molecule has 2 aromatic carbocycles. The van der Waals surface area contributed by atoms with E-state index >= 15 is 0 Å². The fourth-order valence-electron chi connectivity index (χ4n) is 3.89. The number of nitrogens with zero attached hydrogens (tertiary/aromatic N) is 1. The maximum absolute atomic E-state index is 13.7. The van der Waals surface area contributed by atoms with Gasteiger partial charge in [0.25, 0.3) is 0 Å². The molecule has 6 nitrogen and oxygen atoms in total. The number of ether oxygens (including phenoxy) is 4. The number of ketones is 1. The standard InChI is InChI=1S/C28H29ClFNO5/c1-28(35-4,14-13-22(32)17-6-10-23(25(16-17)34-3)36-19-7-8-19)26-12-11-24(33-2)27(31-26)18-5-9-21(30)20(29)15-18/h5-6,9-12,15-16,19H,7-8,13-14H2,1-4H3. The van der Waals surface area contributed by atoms with Crippen molar-refractivity contribution in [1.29, 1.82) is 0 Å². The van der Waals surface area contributed by atoms with Crippen molar-refractivity contribution in [2.24, 2.45) is 0 Å². The van der Waals surface area contributed by atoms with Crippen LogP contribution in [0.4, 0.5) is 4.39 Å². The summed E-state index contributed by atoms with van der Waals surface area (Å²) in [5.74, 6) is 1.14. The quantitative estimate of drug-likeness (QED) is 0.268. The van der Waals surface area contributed by atoms with E-state index in [1.807, 2.05) is 6.92 Å². The fourth-order valence-corrected chi connectivity index (χ4v) is 4.07. The van der Waals surface area contributed by atoms with Gasteiger partial charge in [-0.25, -0.2) is 9.37 Å². The van der Waals surface area contributed by atoms with E-state index in [0.29, 0.717) is 46.2 Å². The topological polar surface area (TPSA) is 66.9 Å². The Balaban J connectivity index is 1.55. The van der Waals surface area contributed by atoms with Crippen molar-refractivity contribution in [2.45, 2.75) is 44.3 Å². The molecule has 1 aromatic heterocycles. The van der Waals surface area contributed by atoms with Crippen LogP contribution in [0, 0.1) is 5.82 Å². The van der Waals surface area contributed by atoms with Gasteiger partial charge in [0.2, 0.25) is 0 Å². The van der Waals surface area contributed by atoms with E-state index in [1.54, 1.807) is 50.6 Å². The first kappa shape index (κ1) is 25.9. The Morgan fingerprint density at radius 3 is 2.39 bits per heavy atom. The molecule has 0 spiro atoms. The van der Waals surface area contributed by atoms with E-state index in [0.717, 1.165) is 12.8 Å². The molecule has 0 N–H and O–H groups in total. The number of pyridine rings is 1. The van der Waals surface area contributed by atoms with Gasteiger partial charge in [-0.05, 0) is 74.7 Å². The van der Waals surface area contributed by atoms with E-state index in [9.17, 15) is 9.18 Å². The van der Waals surface area contributed by atoms with Crippen LogP contribution in [0.5, 0.6) is 17.2 Å². The number of carbonyl (C=O) groups excluding carboxylic acids is 1. The molecule has 0 bridgehead atoms. The summed E-state index contributed by atoms with van der Waals surface area (Å²) in [6.45, 7) is 1.88. The van der Waals surface area contributed by atoms with Gasteiger partial charge in [0.05, 0.1) is 31.0 Å². The van der Waals surface area contributed by atoms with Gasteiger partial charge in [0.1, 0.15) is 22.9 Å². The number of benzene rings is 2. The molecule has 1 heterocycles. The molecule has 1 unspecified atom stereocenters. The number of carbonyl (C=O) groups is 1. The van der Waals surface area contributed by atoms with Gasteiger partial charge < -0.3 is 18.9 Å². The SMILES string of the molecule is COc1cc(C(=O)CCC(C)(OC)c2ccc(OC)c(-c3ccc(F)c(Cl)c3)n2)ccc1OC1CC1. The van der Waals surface area contributed by atoms with Gasteiger partial charge in [-0.1, -0.05) is 11.6 Å². The summed E-state index contributed by atoms with van der Waals surface area (Å²) < 4.78 is 36.3. The zero-order valence-electron chi connectivity index (χ0n) is 20.8. The summed E-state index contributed by atoms with van der Waals surface area (Å²) in [4.78, 5) is 17.8. The van der Waals surface area contributed by atoms with Crippen molar-refractivity contribution in [2.75, 3.05) is 21.3 Å². The normalized spacial score (nSPS) is 14.7. The Morgan fingerprint density at radius 2 is 1.75 bits per heavy atom. The largest absolute Gasteiger partial charge is 0.494 e. The second kappa shape index (κ2) is 10.8. The Hall–Kier alpha value is -3.16. The van der Waals surface area contributed by atoms with Gasteiger partial charge in [-0.3, -0.25) is 4.79 Å². The minimum absolute atomic E-state index is 0.00849. The van der Waals surface area contributed by atoms with Crippen LogP contribution in [0.1, 0.15) is 48.7 Å². The summed E-state index contributed by atoms with van der Waals surface area (Å²) in [5, 5.41) is -0.00849. The monoisotopic (exact) mass is 513 g/mol. The summed E-state index contributed by atoms with van der Waals surface area (Å²) in [6.07, 6.45) is 2.91. The molecule has 8 heteroatoms. The number of rotatable bonds is 11. The van der Waals surface area contributed by atoms with Crippen LogP contribution in [0.2, 0.25) is 5.02 Å². The summed E-state index contributed by atoms with van der Waals surface area (Å²) >= 11 is 6.00. The van der Waals surface area contributed by atoms with Gasteiger partial charge >= 0.3 is 0 Å². The third-order valence-corrected chi connectivity index (χ3v) is 6.69. The highest BCUT2D eigenvalue weighted by Crippen LogP contribution is 2.37. The lowest BCUT2D eigenvalue weighted by molar-refractivity contribution is -0.00973.